The van der Waals surface area contributed by atoms with Gasteiger partial charge in [0.2, 0.25) is 0 Å². The van der Waals surface area contributed by atoms with Gasteiger partial charge in [0.25, 0.3) is 0 Å². The molecule has 1 heterocycles. The van der Waals surface area contributed by atoms with Crippen LogP contribution in [-0.4, -0.2) is 24.3 Å². The first-order valence-electron chi connectivity index (χ1n) is 8.16. The summed E-state index contributed by atoms with van der Waals surface area (Å²) in [7, 11) is 1.58. The van der Waals surface area contributed by atoms with Gasteiger partial charge in [-0.2, -0.15) is 0 Å². The predicted molar refractivity (Wildman–Crippen MR) is 102 cm³/mol. The van der Waals surface area contributed by atoms with E-state index in [4.69, 9.17) is 21.1 Å². The molecule has 0 unspecified atom stereocenters. The van der Waals surface area contributed by atoms with E-state index < -0.39 is 0 Å². The number of hydrogen-bond donors (Lipinski definition) is 0. The monoisotopic (exact) mass is 371 g/mol. The second-order valence-electron chi connectivity index (χ2n) is 5.69. The molecule has 0 fully saturated rings. The molecule has 2 aromatic carbocycles. The fraction of sp³-hybridized carbons (Fsp3) is 0.200. The number of rotatable bonds is 5. The summed E-state index contributed by atoms with van der Waals surface area (Å²) in [5.74, 6) is 0.309. The van der Waals surface area contributed by atoms with Crippen molar-refractivity contribution in [2.45, 2.75) is 13.5 Å². The van der Waals surface area contributed by atoms with Gasteiger partial charge in [-0.1, -0.05) is 17.7 Å². The number of benzene rings is 2. The van der Waals surface area contributed by atoms with Crippen LogP contribution in [0.3, 0.4) is 0 Å². The van der Waals surface area contributed by atoms with Gasteiger partial charge in [-0.3, -0.25) is 9.59 Å². The van der Waals surface area contributed by atoms with Crippen molar-refractivity contribution in [3.8, 4) is 16.9 Å². The van der Waals surface area contributed by atoms with Gasteiger partial charge >= 0.3 is 5.97 Å². The van der Waals surface area contributed by atoms with E-state index in [9.17, 15) is 9.59 Å². The zero-order valence-electron chi connectivity index (χ0n) is 14.5. The minimum atomic E-state index is -0.356. The number of carbonyl (C=O) groups excluding carboxylic acids is 1. The molecule has 3 rings (SSSR count). The molecule has 6 heteroatoms. The maximum Gasteiger partial charge on any atom is 0.325 e. The molecule has 0 atom stereocenters. The first kappa shape index (κ1) is 18.0. The highest BCUT2D eigenvalue weighted by atomic mass is 35.5. The Morgan fingerprint density at radius 3 is 2.65 bits per heavy atom. The maximum atomic E-state index is 12.2. The summed E-state index contributed by atoms with van der Waals surface area (Å²) >= 11 is 6.37. The summed E-state index contributed by atoms with van der Waals surface area (Å²) in [5, 5.41) is 1.07. The van der Waals surface area contributed by atoms with Gasteiger partial charge in [0.1, 0.15) is 12.3 Å². The highest BCUT2D eigenvalue weighted by Crippen LogP contribution is 2.32. The van der Waals surface area contributed by atoms with E-state index in [1.54, 1.807) is 36.9 Å². The molecule has 0 aliphatic carbocycles. The van der Waals surface area contributed by atoms with E-state index in [-0.39, 0.29) is 17.9 Å². The number of hydrogen-bond acceptors (Lipinski definition) is 4. The van der Waals surface area contributed by atoms with Crippen LogP contribution in [0.4, 0.5) is 0 Å². The van der Waals surface area contributed by atoms with E-state index in [0.29, 0.717) is 28.3 Å². The topological polar surface area (TPSA) is 57.5 Å². The Labute approximate surface area is 155 Å². The zero-order chi connectivity index (χ0) is 18.7. The van der Waals surface area contributed by atoms with Gasteiger partial charge in [0.05, 0.1) is 24.3 Å². The molecule has 3 aromatic rings. The Bertz CT molecular complexity index is 1030. The van der Waals surface area contributed by atoms with Crippen molar-refractivity contribution in [1.82, 2.24) is 4.57 Å². The first-order chi connectivity index (χ1) is 12.5. The molecule has 0 saturated heterocycles. The van der Waals surface area contributed by atoms with E-state index >= 15 is 0 Å². The highest BCUT2D eigenvalue weighted by Gasteiger charge is 2.11. The molecule has 0 saturated carbocycles. The summed E-state index contributed by atoms with van der Waals surface area (Å²) in [6.07, 6.45) is 1.60. The van der Waals surface area contributed by atoms with Crippen LogP contribution in [0.2, 0.25) is 5.02 Å². The van der Waals surface area contributed by atoms with Gasteiger partial charge < -0.3 is 14.0 Å². The quantitative estimate of drug-likeness (QED) is 0.638. The van der Waals surface area contributed by atoms with Crippen LogP contribution in [-0.2, 0) is 16.1 Å². The van der Waals surface area contributed by atoms with Crippen molar-refractivity contribution in [2.75, 3.05) is 13.7 Å². The number of carbonyl (C=O) groups is 1. The average Bonchev–Trinajstić information content (AvgIpc) is 2.64. The normalized spacial score (nSPS) is 10.7. The van der Waals surface area contributed by atoms with Crippen molar-refractivity contribution in [2.24, 2.45) is 0 Å². The van der Waals surface area contributed by atoms with Crippen molar-refractivity contribution < 1.29 is 14.3 Å². The minimum absolute atomic E-state index is 0.0322. The average molecular weight is 372 g/mol. The standard InChI is InChI=1S/C20H18ClNO4/c1-3-26-20(24)12-22-9-8-19(23)16-6-4-13(10-18(16)22)15-7-5-14(25-2)11-17(15)21/h4-11H,3,12H2,1-2H3. The van der Waals surface area contributed by atoms with Gasteiger partial charge in [-0.15, -0.1) is 0 Å². The molecule has 0 N–H and O–H groups in total. The zero-order valence-corrected chi connectivity index (χ0v) is 15.2. The molecule has 134 valence electrons. The molecular formula is C20H18ClNO4. The number of ether oxygens (including phenoxy) is 2. The molecule has 0 amide bonds. The van der Waals surface area contributed by atoms with Crippen molar-refractivity contribution in [1.29, 1.82) is 0 Å². The van der Waals surface area contributed by atoms with E-state index in [0.717, 1.165) is 11.1 Å². The number of aromatic nitrogens is 1. The number of pyridine rings is 1. The summed E-state index contributed by atoms with van der Waals surface area (Å²) < 4.78 is 11.9. The molecule has 5 nitrogen and oxygen atoms in total. The predicted octanol–water partition coefficient (Wildman–Crippen LogP) is 3.89. The van der Waals surface area contributed by atoms with Crippen LogP contribution < -0.4 is 10.2 Å². The Balaban J connectivity index is 2.12. The second-order valence-corrected chi connectivity index (χ2v) is 6.10. The number of nitrogens with zero attached hydrogens (tertiary/aromatic N) is 1. The van der Waals surface area contributed by atoms with Crippen molar-refractivity contribution in [3.63, 3.8) is 0 Å². The SMILES string of the molecule is CCOC(=O)Cn1ccc(=O)c2ccc(-c3ccc(OC)cc3Cl)cc21. The third-order valence-electron chi connectivity index (χ3n) is 4.07. The Kier molecular flexibility index (Phi) is 5.28. The number of methoxy groups -OCH3 is 1. The Morgan fingerprint density at radius 1 is 1.15 bits per heavy atom. The molecule has 0 aliphatic rings. The summed E-state index contributed by atoms with van der Waals surface area (Å²) in [5.41, 5.74) is 2.20. The second kappa shape index (κ2) is 7.62. The van der Waals surface area contributed by atoms with Gasteiger partial charge in [0.15, 0.2) is 5.43 Å². The molecular weight excluding hydrogens is 354 g/mol. The summed E-state index contributed by atoms with van der Waals surface area (Å²) in [6, 6.07) is 12.3. The largest absolute Gasteiger partial charge is 0.497 e. The molecule has 0 spiro atoms. The van der Waals surface area contributed by atoms with Crippen molar-refractivity contribution >= 4 is 28.5 Å². The lowest BCUT2D eigenvalue weighted by molar-refractivity contribution is -0.143. The lowest BCUT2D eigenvalue weighted by Crippen LogP contribution is -2.16. The number of halogens is 1. The highest BCUT2D eigenvalue weighted by molar-refractivity contribution is 6.33. The van der Waals surface area contributed by atoms with E-state index in [2.05, 4.69) is 0 Å². The molecule has 0 bridgehead atoms. The lowest BCUT2D eigenvalue weighted by atomic mass is 10.0. The van der Waals surface area contributed by atoms with Crippen LogP contribution >= 0.6 is 11.6 Å². The van der Waals surface area contributed by atoms with Gasteiger partial charge in [-0.25, -0.2) is 0 Å². The fourth-order valence-corrected chi connectivity index (χ4v) is 3.09. The summed E-state index contributed by atoms with van der Waals surface area (Å²) in [6.45, 7) is 2.10. The third kappa shape index (κ3) is 3.58. The fourth-order valence-electron chi connectivity index (χ4n) is 2.81. The van der Waals surface area contributed by atoms with Crippen LogP contribution in [0, 0.1) is 0 Å². The van der Waals surface area contributed by atoms with E-state index in [1.165, 1.54) is 6.07 Å². The van der Waals surface area contributed by atoms with Crippen molar-refractivity contribution in [3.05, 3.63) is 63.9 Å². The van der Waals surface area contributed by atoms with Crippen LogP contribution in [0.1, 0.15) is 6.92 Å². The Hall–Kier alpha value is -2.79. The lowest BCUT2D eigenvalue weighted by Gasteiger charge is -2.12. The molecule has 26 heavy (non-hydrogen) atoms. The molecule has 0 radical (unpaired) electrons. The molecule has 1 aromatic heterocycles. The number of esters is 1. The number of fused-ring (bicyclic) bond motifs is 1. The Morgan fingerprint density at radius 2 is 1.96 bits per heavy atom. The first-order valence-corrected chi connectivity index (χ1v) is 8.54. The van der Waals surface area contributed by atoms with Gasteiger partial charge in [0, 0.05) is 23.2 Å². The van der Waals surface area contributed by atoms with E-state index in [1.807, 2.05) is 24.3 Å². The minimum Gasteiger partial charge on any atom is -0.497 e. The third-order valence-corrected chi connectivity index (χ3v) is 4.38. The smallest absolute Gasteiger partial charge is 0.325 e. The van der Waals surface area contributed by atoms with Gasteiger partial charge in [-0.05, 0) is 42.8 Å². The maximum absolute atomic E-state index is 12.2. The van der Waals surface area contributed by atoms with Crippen LogP contribution in [0.5, 0.6) is 5.75 Å². The molecule has 0 aliphatic heterocycles. The van der Waals surface area contributed by atoms with Crippen LogP contribution in [0.25, 0.3) is 22.0 Å². The summed E-state index contributed by atoms with van der Waals surface area (Å²) in [4.78, 5) is 24.0. The van der Waals surface area contributed by atoms with Crippen LogP contribution in [0.15, 0.2) is 53.5 Å².